The van der Waals surface area contributed by atoms with Crippen LogP contribution in [0.15, 0.2) is 23.6 Å². The first-order valence-corrected chi connectivity index (χ1v) is 10.5. The van der Waals surface area contributed by atoms with Gasteiger partial charge in [-0.15, -0.1) is 11.3 Å². The molecule has 1 fully saturated rings. The van der Waals surface area contributed by atoms with Crippen molar-refractivity contribution in [1.82, 2.24) is 25.0 Å². The second-order valence-electron chi connectivity index (χ2n) is 7.00. The van der Waals surface area contributed by atoms with E-state index in [2.05, 4.69) is 15.3 Å². The highest BCUT2D eigenvalue weighted by atomic mass is 32.1. The second-order valence-corrected chi connectivity index (χ2v) is 7.95. The molecule has 0 saturated carbocycles. The van der Waals surface area contributed by atoms with Crippen molar-refractivity contribution in [2.45, 2.75) is 13.3 Å². The third kappa shape index (κ3) is 3.94. The number of pyridine rings is 1. The van der Waals surface area contributed by atoms with Gasteiger partial charge in [-0.2, -0.15) is 5.10 Å². The monoisotopic (exact) mass is 399 g/mol. The molecule has 7 nitrogen and oxygen atoms in total. The summed E-state index contributed by atoms with van der Waals surface area (Å²) in [6.07, 6.45) is 0.920. The quantitative estimate of drug-likeness (QED) is 0.645. The lowest BCUT2D eigenvalue weighted by Crippen LogP contribution is -2.38. The zero-order valence-electron chi connectivity index (χ0n) is 16.3. The number of amides is 1. The summed E-state index contributed by atoms with van der Waals surface area (Å²) in [5.74, 6) is -0.0664. The Bertz CT molecular complexity index is 961. The fraction of sp³-hybridized carbons (Fsp3) is 0.450. The van der Waals surface area contributed by atoms with Crippen molar-refractivity contribution in [3.63, 3.8) is 0 Å². The van der Waals surface area contributed by atoms with E-state index >= 15 is 0 Å². The molecular weight excluding hydrogens is 374 g/mol. The number of aromatic nitrogens is 3. The van der Waals surface area contributed by atoms with E-state index in [9.17, 15) is 4.79 Å². The summed E-state index contributed by atoms with van der Waals surface area (Å²) < 4.78 is 7.12. The molecule has 8 heteroatoms. The summed E-state index contributed by atoms with van der Waals surface area (Å²) in [5.41, 5.74) is 3.01. The number of nitrogens with one attached hydrogen (secondary N) is 1. The predicted octanol–water partition coefficient (Wildman–Crippen LogP) is 2.46. The fourth-order valence-electron chi connectivity index (χ4n) is 3.60. The van der Waals surface area contributed by atoms with Gasteiger partial charge in [-0.1, -0.05) is 6.07 Å². The molecule has 0 spiro atoms. The summed E-state index contributed by atoms with van der Waals surface area (Å²) in [4.78, 5) is 21.2. The molecule has 0 atom stereocenters. The molecule has 3 aromatic heterocycles. The van der Waals surface area contributed by atoms with E-state index in [4.69, 9.17) is 9.72 Å². The van der Waals surface area contributed by atoms with Gasteiger partial charge in [0.05, 0.1) is 40.4 Å². The van der Waals surface area contributed by atoms with Crippen LogP contribution in [-0.2, 0) is 11.8 Å². The minimum atomic E-state index is -0.0664. The zero-order valence-corrected chi connectivity index (χ0v) is 17.1. The summed E-state index contributed by atoms with van der Waals surface area (Å²) in [5, 5.41) is 10.4. The first kappa shape index (κ1) is 19.0. The Hall–Kier alpha value is -2.29. The van der Waals surface area contributed by atoms with E-state index in [-0.39, 0.29) is 5.91 Å². The van der Waals surface area contributed by atoms with Crippen LogP contribution in [0.25, 0.3) is 21.6 Å². The van der Waals surface area contributed by atoms with Crippen LogP contribution in [0.3, 0.4) is 0 Å². The largest absolute Gasteiger partial charge is 0.379 e. The van der Waals surface area contributed by atoms with Gasteiger partial charge in [0.2, 0.25) is 0 Å². The molecule has 3 aromatic rings. The zero-order chi connectivity index (χ0) is 19.5. The predicted molar refractivity (Wildman–Crippen MR) is 111 cm³/mol. The molecule has 0 aliphatic carbocycles. The van der Waals surface area contributed by atoms with Gasteiger partial charge >= 0.3 is 0 Å². The second kappa shape index (κ2) is 8.38. The van der Waals surface area contributed by atoms with Gasteiger partial charge in [0.25, 0.3) is 5.91 Å². The number of hydrogen-bond donors (Lipinski definition) is 1. The highest BCUT2D eigenvalue weighted by Crippen LogP contribution is 2.29. The SMILES string of the molecule is Cc1nn(C)c2nc(-c3cccs3)cc(C(=O)NCCCN3CCOCC3)c12. The Morgan fingerprint density at radius 1 is 1.36 bits per heavy atom. The van der Waals surface area contributed by atoms with E-state index in [1.807, 2.05) is 37.6 Å². The summed E-state index contributed by atoms with van der Waals surface area (Å²) in [6, 6.07) is 5.90. The van der Waals surface area contributed by atoms with Crippen LogP contribution in [0.5, 0.6) is 0 Å². The molecule has 0 aromatic carbocycles. The Morgan fingerprint density at radius 3 is 2.93 bits per heavy atom. The maximum absolute atomic E-state index is 13.0. The lowest BCUT2D eigenvalue weighted by atomic mass is 10.1. The van der Waals surface area contributed by atoms with Gasteiger partial charge in [0.15, 0.2) is 5.65 Å². The molecule has 4 heterocycles. The molecule has 148 valence electrons. The first-order chi connectivity index (χ1) is 13.6. The van der Waals surface area contributed by atoms with E-state index in [0.717, 1.165) is 66.6 Å². The van der Waals surface area contributed by atoms with Crippen molar-refractivity contribution in [3.05, 3.63) is 34.8 Å². The van der Waals surface area contributed by atoms with Crippen molar-refractivity contribution in [3.8, 4) is 10.6 Å². The average Bonchev–Trinajstić information content (AvgIpc) is 3.34. The van der Waals surface area contributed by atoms with Crippen molar-refractivity contribution in [2.75, 3.05) is 39.4 Å². The highest BCUT2D eigenvalue weighted by molar-refractivity contribution is 7.13. The Balaban J connectivity index is 1.52. The molecule has 4 rings (SSSR count). The minimum Gasteiger partial charge on any atom is -0.379 e. The normalized spacial score (nSPS) is 15.2. The Labute approximate surface area is 168 Å². The van der Waals surface area contributed by atoms with Crippen LogP contribution < -0.4 is 5.32 Å². The third-order valence-corrected chi connectivity index (χ3v) is 5.92. The van der Waals surface area contributed by atoms with Gasteiger partial charge < -0.3 is 10.1 Å². The summed E-state index contributed by atoms with van der Waals surface area (Å²) in [7, 11) is 1.87. The number of thiophene rings is 1. The lowest BCUT2D eigenvalue weighted by molar-refractivity contribution is 0.0374. The molecule has 28 heavy (non-hydrogen) atoms. The first-order valence-electron chi connectivity index (χ1n) is 9.60. The van der Waals surface area contributed by atoms with E-state index in [0.29, 0.717) is 12.1 Å². The van der Waals surface area contributed by atoms with Crippen molar-refractivity contribution in [2.24, 2.45) is 7.05 Å². The van der Waals surface area contributed by atoms with E-state index < -0.39 is 0 Å². The van der Waals surface area contributed by atoms with Crippen LogP contribution in [0, 0.1) is 6.92 Å². The molecule has 1 aliphatic rings. The molecule has 1 amide bonds. The number of ether oxygens (including phenoxy) is 1. The number of carbonyl (C=O) groups is 1. The number of aryl methyl sites for hydroxylation is 2. The summed E-state index contributed by atoms with van der Waals surface area (Å²) >= 11 is 1.62. The fourth-order valence-corrected chi connectivity index (χ4v) is 4.29. The molecule has 0 unspecified atom stereocenters. The minimum absolute atomic E-state index is 0.0664. The maximum atomic E-state index is 13.0. The van der Waals surface area contributed by atoms with Crippen LogP contribution >= 0.6 is 11.3 Å². The number of morpholine rings is 1. The molecule has 1 N–H and O–H groups in total. The van der Waals surface area contributed by atoms with Crippen molar-refractivity contribution >= 4 is 28.3 Å². The number of carbonyl (C=O) groups excluding carboxylic acids is 1. The molecule has 1 saturated heterocycles. The smallest absolute Gasteiger partial charge is 0.252 e. The highest BCUT2D eigenvalue weighted by Gasteiger charge is 2.19. The number of nitrogens with zero attached hydrogens (tertiary/aromatic N) is 4. The molecule has 1 aliphatic heterocycles. The van der Waals surface area contributed by atoms with Crippen LogP contribution in [0.4, 0.5) is 0 Å². The van der Waals surface area contributed by atoms with E-state index in [1.54, 1.807) is 16.0 Å². The van der Waals surface area contributed by atoms with Crippen LogP contribution in [-0.4, -0.2) is 65.0 Å². The van der Waals surface area contributed by atoms with Crippen LogP contribution in [0.2, 0.25) is 0 Å². The molecular formula is C20H25N5O2S. The van der Waals surface area contributed by atoms with Gasteiger partial charge in [0.1, 0.15) is 0 Å². The Kier molecular flexibility index (Phi) is 5.70. The summed E-state index contributed by atoms with van der Waals surface area (Å²) in [6.45, 7) is 7.08. The maximum Gasteiger partial charge on any atom is 0.252 e. The van der Waals surface area contributed by atoms with Crippen LogP contribution in [0.1, 0.15) is 22.5 Å². The Morgan fingerprint density at radius 2 is 2.18 bits per heavy atom. The van der Waals surface area contributed by atoms with Gasteiger partial charge in [-0.25, -0.2) is 4.98 Å². The third-order valence-electron chi connectivity index (χ3n) is 5.03. The lowest BCUT2D eigenvalue weighted by Gasteiger charge is -2.26. The van der Waals surface area contributed by atoms with Crippen molar-refractivity contribution in [1.29, 1.82) is 0 Å². The average molecular weight is 400 g/mol. The standard InChI is InChI=1S/C20H25N5O2S/c1-14-18-15(20(26)21-6-4-7-25-8-10-27-11-9-25)13-16(17-5-3-12-28-17)22-19(18)24(2)23-14/h3,5,12-13H,4,6-11H2,1-2H3,(H,21,26). The number of fused-ring (bicyclic) bond motifs is 1. The van der Waals surface area contributed by atoms with Gasteiger partial charge in [-0.3, -0.25) is 14.4 Å². The number of hydrogen-bond acceptors (Lipinski definition) is 6. The number of rotatable bonds is 6. The topological polar surface area (TPSA) is 72.3 Å². The van der Waals surface area contributed by atoms with Crippen molar-refractivity contribution < 1.29 is 9.53 Å². The van der Waals surface area contributed by atoms with E-state index in [1.165, 1.54) is 0 Å². The molecule has 0 bridgehead atoms. The molecule has 0 radical (unpaired) electrons. The van der Waals surface area contributed by atoms with Gasteiger partial charge in [-0.05, 0) is 37.4 Å². The van der Waals surface area contributed by atoms with Gasteiger partial charge in [0, 0.05) is 26.7 Å².